The highest BCUT2D eigenvalue weighted by atomic mass is 19.4. The van der Waals surface area contributed by atoms with Crippen LogP contribution in [0.1, 0.15) is 39.9 Å². The number of nitrogens with one attached hydrogen (secondary N) is 1. The third kappa shape index (κ3) is 4.67. The fourth-order valence-electron chi connectivity index (χ4n) is 3.31. The number of rotatable bonds is 3. The molecule has 2 aromatic rings. The predicted octanol–water partition coefficient (Wildman–Crippen LogP) is 3.85. The van der Waals surface area contributed by atoms with E-state index in [0.717, 1.165) is 6.07 Å². The second-order valence-corrected chi connectivity index (χ2v) is 6.76. The molecule has 1 N–H and O–H groups in total. The number of amides is 1. The molecule has 3 rings (SSSR count). The van der Waals surface area contributed by atoms with E-state index in [-0.39, 0.29) is 11.9 Å². The van der Waals surface area contributed by atoms with Crippen LogP contribution >= 0.6 is 0 Å². The van der Waals surface area contributed by atoms with Gasteiger partial charge in [0, 0.05) is 30.4 Å². The quantitative estimate of drug-likeness (QED) is 0.852. The highest BCUT2D eigenvalue weighted by molar-refractivity contribution is 5.94. The Kier molecular flexibility index (Phi) is 5.74. The highest BCUT2D eigenvalue weighted by Gasteiger charge is 2.34. The Labute approximate surface area is 166 Å². The topological polar surface area (TPSA) is 79.9 Å². The van der Waals surface area contributed by atoms with Gasteiger partial charge >= 0.3 is 6.18 Å². The first-order valence-electron chi connectivity index (χ1n) is 8.99. The van der Waals surface area contributed by atoms with Crippen LogP contribution in [0.25, 0.3) is 0 Å². The van der Waals surface area contributed by atoms with Crippen molar-refractivity contribution in [3.63, 3.8) is 0 Å². The minimum absolute atomic E-state index is 0.0881. The van der Waals surface area contributed by atoms with Crippen molar-refractivity contribution in [2.75, 3.05) is 18.0 Å². The lowest BCUT2D eigenvalue weighted by molar-refractivity contribution is -0.137. The largest absolute Gasteiger partial charge is 0.417 e. The van der Waals surface area contributed by atoms with E-state index in [0.29, 0.717) is 42.7 Å². The first kappa shape index (κ1) is 20.2. The zero-order valence-electron chi connectivity index (χ0n) is 15.3. The van der Waals surface area contributed by atoms with Crippen LogP contribution in [0.3, 0.4) is 0 Å². The molecule has 0 aromatic heterocycles. The summed E-state index contributed by atoms with van der Waals surface area (Å²) in [5, 5.41) is 20.6. The first-order valence-corrected chi connectivity index (χ1v) is 8.99. The van der Waals surface area contributed by atoms with Crippen molar-refractivity contribution >= 4 is 11.6 Å². The molecule has 0 atom stereocenters. The second kappa shape index (κ2) is 8.24. The summed E-state index contributed by atoms with van der Waals surface area (Å²) < 4.78 is 39.5. The van der Waals surface area contributed by atoms with E-state index < -0.39 is 17.3 Å². The van der Waals surface area contributed by atoms with Crippen molar-refractivity contribution in [3.05, 3.63) is 64.7 Å². The number of halogens is 3. The molecule has 0 bridgehead atoms. The van der Waals surface area contributed by atoms with Gasteiger partial charge in [0.1, 0.15) is 0 Å². The minimum atomic E-state index is -4.59. The third-order valence-corrected chi connectivity index (χ3v) is 4.90. The molecular weight excluding hydrogens is 381 g/mol. The molecule has 8 heteroatoms. The number of nitriles is 2. The van der Waals surface area contributed by atoms with Crippen LogP contribution in [0.4, 0.5) is 18.9 Å². The van der Waals surface area contributed by atoms with Gasteiger partial charge in [0.15, 0.2) is 0 Å². The Morgan fingerprint density at radius 2 is 1.69 bits per heavy atom. The molecule has 1 aliphatic heterocycles. The summed E-state index contributed by atoms with van der Waals surface area (Å²) in [7, 11) is 0. The van der Waals surface area contributed by atoms with Crippen molar-refractivity contribution in [2.24, 2.45) is 0 Å². The van der Waals surface area contributed by atoms with Crippen molar-refractivity contribution in [1.29, 1.82) is 10.5 Å². The van der Waals surface area contributed by atoms with Gasteiger partial charge in [-0.15, -0.1) is 0 Å². The third-order valence-electron chi connectivity index (χ3n) is 4.90. The summed E-state index contributed by atoms with van der Waals surface area (Å²) in [6.07, 6.45) is -3.42. The predicted molar refractivity (Wildman–Crippen MR) is 100 cm³/mol. The van der Waals surface area contributed by atoms with Gasteiger partial charge in [-0.2, -0.15) is 23.7 Å². The molecule has 2 aromatic carbocycles. The van der Waals surface area contributed by atoms with E-state index in [1.807, 2.05) is 11.0 Å². The molecule has 1 saturated heterocycles. The molecular formula is C21H17F3N4O. The minimum Gasteiger partial charge on any atom is -0.371 e. The number of hydrogen-bond donors (Lipinski definition) is 1. The normalized spacial score (nSPS) is 14.7. The van der Waals surface area contributed by atoms with Crippen LogP contribution in [0, 0.1) is 22.7 Å². The Morgan fingerprint density at radius 1 is 1.03 bits per heavy atom. The zero-order chi connectivity index (χ0) is 21.0. The molecule has 0 unspecified atom stereocenters. The van der Waals surface area contributed by atoms with Crippen LogP contribution in [0.2, 0.25) is 0 Å². The molecule has 0 radical (unpaired) electrons. The highest BCUT2D eigenvalue weighted by Crippen LogP contribution is 2.35. The molecule has 0 aliphatic carbocycles. The van der Waals surface area contributed by atoms with Crippen molar-refractivity contribution in [3.8, 4) is 12.1 Å². The van der Waals surface area contributed by atoms with Gasteiger partial charge in [0.2, 0.25) is 0 Å². The number of nitrogens with zero attached hydrogens (tertiary/aromatic N) is 3. The Morgan fingerprint density at radius 3 is 2.24 bits per heavy atom. The van der Waals surface area contributed by atoms with Gasteiger partial charge in [-0.1, -0.05) is 0 Å². The number of alkyl halides is 3. The number of benzene rings is 2. The average Bonchev–Trinajstić information content (AvgIpc) is 2.73. The summed E-state index contributed by atoms with van der Waals surface area (Å²) in [4.78, 5) is 14.1. The van der Waals surface area contributed by atoms with Crippen LogP contribution < -0.4 is 10.2 Å². The summed E-state index contributed by atoms with van der Waals surface area (Å²) in [6, 6.07) is 13.5. The molecule has 5 nitrogen and oxygen atoms in total. The zero-order valence-corrected chi connectivity index (χ0v) is 15.3. The smallest absolute Gasteiger partial charge is 0.371 e. The van der Waals surface area contributed by atoms with E-state index >= 15 is 0 Å². The fraction of sp³-hybridized carbons (Fsp3) is 0.286. The lowest BCUT2D eigenvalue weighted by Crippen LogP contribution is -2.44. The number of carbonyl (C=O) groups is 1. The monoisotopic (exact) mass is 398 g/mol. The summed E-state index contributed by atoms with van der Waals surface area (Å²) >= 11 is 0. The van der Waals surface area contributed by atoms with E-state index in [4.69, 9.17) is 10.5 Å². The van der Waals surface area contributed by atoms with Crippen molar-refractivity contribution in [2.45, 2.75) is 25.1 Å². The molecule has 29 heavy (non-hydrogen) atoms. The molecule has 1 aliphatic rings. The summed E-state index contributed by atoms with van der Waals surface area (Å²) in [5.41, 5.74) is -0.00315. The second-order valence-electron chi connectivity index (χ2n) is 6.76. The SMILES string of the molecule is N#Cc1ccc(C(=O)NC2CCN(c3ccc(C#N)c(C(F)(F)F)c3)CC2)cc1. The molecule has 148 valence electrons. The van der Waals surface area contributed by atoms with Crippen molar-refractivity contribution < 1.29 is 18.0 Å². The van der Waals surface area contributed by atoms with E-state index in [2.05, 4.69) is 5.32 Å². The van der Waals surface area contributed by atoms with Gasteiger partial charge in [-0.25, -0.2) is 0 Å². The number of anilines is 1. The van der Waals surface area contributed by atoms with Gasteiger partial charge < -0.3 is 10.2 Å². The van der Waals surface area contributed by atoms with Crippen LogP contribution in [0.5, 0.6) is 0 Å². The van der Waals surface area contributed by atoms with Gasteiger partial charge in [-0.05, 0) is 55.3 Å². The van der Waals surface area contributed by atoms with Gasteiger partial charge in [-0.3, -0.25) is 4.79 Å². The molecule has 1 fully saturated rings. The maximum atomic E-state index is 13.2. The lowest BCUT2D eigenvalue weighted by atomic mass is 10.0. The van der Waals surface area contributed by atoms with Gasteiger partial charge in [0.05, 0.1) is 28.8 Å². The molecule has 0 spiro atoms. The Hall–Kier alpha value is -3.52. The Balaban J connectivity index is 1.62. The summed E-state index contributed by atoms with van der Waals surface area (Å²) in [6.45, 7) is 0.975. The number of carbonyl (C=O) groups excluding carboxylic acids is 1. The van der Waals surface area contributed by atoms with Crippen LogP contribution in [-0.4, -0.2) is 25.0 Å². The average molecular weight is 398 g/mol. The maximum absolute atomic E-state index is 13.2. The van der Waals surface area contributed by atoms with E-state index in [1.54, 1.807) is 30.3 Å². The molecule has 1 amide bonds. The number of hydrogen-bond acceptors (Lipinski definition) is 4. The molecule has 0 saturated carbocycles. The van der Waals surface area contributed by atoms with Crippen LogP contribution in [-0.2, 0) is 6.18 Å². The summed E-state index contributed by atoms with van der Waals surface area (Å²) in [5.74, 6) is -0.245. The van der Waals surface area contributed by atoms with Crippen molar-refractivity contribution in [1.82, 2.24) is 5.32 Å². The fourth-order valence-corrected chi connectivity index (χ4v) is 3.31. The van der Waals surface area contributed by atoms with Crippen LogP contribution in [0.15, 0.2) is 42.5 Å². The van der Waals surface area contributed by atoms with E-state index in [1.165, 1.54) is 12.1 Å². The Bertz CT molecular complexity index is 979. The van der Waals surface area contributed by atoms with Gasteiger partial charge in [0.25, 0.3) is 5.91 Å². The first-order chi connectivity index (χ1) is 13.8. The maximum Gasteiger partial charge on any atom is 0.417 e. The lowest BCUT2D eigenvalue weighted by Gasteiger charge is -2.34. The number of piperidine rings is 1. The molecule has 1 heterocycles. The van der Waals surface area contributed by atoms with E-state index in [9.17, 15) is 18.0 Å². The standard InChI is InChI=1S/C21H17F3N4O/c22-21(23,24)19-11-18(6-5-16(19)13-26)28-9-7-17(8-10-28)27-20(29)15-3-1-14(12-25)2-4-15/h1-6,11,17H,7-10H2,(H,27,29).